The van der Waals surface area contributed by atoms with E-state index in [4.69, 9.17) is 0 Å². The monoisotopic (exact) mass is 464 g/mol. The Morgan fingerprint density at radius 2 is 1.94 bits per heavy atom. The average Bonchev–Trinajstić information content (AvgIpc) is 3.33. The van der Waals surface area contributed by atoms with E-state index >= 15 is 0 Å². The molecule has 0 aliphatic heterocycles. The van der Waals surface area contributed by atoms with Crippen molar-refractivity contribution in [1.29, 1.82) is 0 Å². The highest BCUT2D eigenvalue weighted by atomic mass is 16.1. The molecular formula is C27H40N6O. The van der Waals surface area contributed by atoms with Gasteiger partial charge >= 0.3 is 0 Å². The summed E-state index contributed by atoms with van der Waals surface area (Å²) in [7, 11) is 0. The minimum absolute atomic E-state index is 0.00244. The van der Waals surface area contributed by atoms with Gasteiger partial charge in [-0.15, -0.1) is 5.10 Å². The second-order valence-corrected chi connectivity index (χ2v) is 10.6. The Bertz CT molecular complexity index is 1160. The standard InChI is InChI=1S/C27H40N6O/c1-6-11-24(25-29-30-31-33(25)27(4,5)7-2)32(22-12-9-8-10-13-22)18-21-17-20-15-14-19(3)16-23(20)28-26(21)34/h14-17,22,24H,6-13,18H2,1-5H3,(H,28,34). The summed E-state index contributed by atoms with van der Waals surface area (Å²) < 4.78 is 2.02. The van der Waals surface area contributed by atoms with Crippen molar-refractivity contribution in [3.05, 3.63) is 51.6 Å². The van der Waals surface area contributed by atoms with Gasteiger partial charge in [0.05, 0.1) is 11.6 Å². The summed E-state index contributed by atoms with van der Waals surface area (Å²) >= 11 is 0. The number of tetrazole rings is 1. The van der Waals surface area contributed by atoms with Crippen LogP contribution in [0.4, 0.5) is 0 Å². The molecule has 0 radical (unpaired) electrons. The van der Waals surface area contributed by atoms with Crippen molar-refractivity contribution in [3.8, 4) is 0 Å². The summed E-state index contributed by atoms with van der Waals surface area (Å²) in [5.41, 5.74) is 2.70. The molecule has 184 valence electrons. The highest BCUT2D eigenvalue weighted by molar-refractivity contribution is 5.79. The van der Waals surface area contributed by atoms with Crippen molar-refractivity contribution in [2.45, 2.75) is 110 Å². The zero-order chi connectivity index (χ0) is 24.3. The molecular weight excluding hydrogens is 424 g/mol. The van der Waals surface area contributed by atoms with Crippen LogP contribution in [0.25, 0.3) is 10.9 Å². The first-order valence-electron chi connectivity index (χ1n) is 13.0. The van der Waals surface area contributed by atoms with Crippen LogP contribution in [0, 0.1) is 6.92 Å². The average molecular weight is 465 g/mol. The van der Waals surface area contributed by atoms with Gasteiger partial charge in [-0.2, -0.15) is 0 Å². The Labute approximate surface area is 202 Å². The van der Waals surface area contributed by atoms with Gasteiger partial charge in [0.2, 0.25) is 0 Å². The molecule has 1 aliphatic rings. The fourth-order valence-electron chi connectivity index (χ4n) is 5.28. The number of aromatic nitrogens is 5. The maximum atomic E-state index is 13.2. The number of aryl methyl sites for hydroxylation is 1. The third-order valence-electron chi connectivity index (χ3n) is 7.67. The van der Waals surface area contributed by atoms with Crippen molar-refractivity contribution in [1.82, 2.24) is 30.1 Å². The highest BCUT2D eigenvalue weighted by Crippen LogP contribution is 2.35. The van der Waals surface area contributed by atoms with E-state index in [1.807, 2.05) is 17.7 Å². The molecule has 3 aromatic rings. The molecule has 0 spiro atoms. The Kier molecular flexibility index (Phi) is 7.51. The van der Waals surface area contributed by atoms with E-state index in [9.17, 15) is 4.79 Å². The summed E-state index contributed by atoms with van der Waals surface area (Å²) in [6.07, 6.45) is 9.00. The molecule has 2 aromatic heterocycles. The van der Waals surface area contributed by atoms with Gasteiger partial charge in [-0.25, -0.2) is 4.68 Å². The van der Waals surface area contributed by atoms with Crippen molar-refractivity contribution < 1.29 is 0 Å². The molecule has 7 heteroatoms. The molecule has 2 heterocycles. The fraction of sp³-hybridized carbons (Fsp3) is 0.630. The van der Waals surface area contributed by atoms with Crippen LogP contribution in [0.5, 0.6) is 0 Å². The molecule has 4 rings (SSSR count). The van der Waals surface area contributed by atoms with Gasteiger partial charge in [-0.1, -0.05) is 51.7 Å². The van der Waals surface area contributed by atoms with E-state index in [0.29, 0.717) is 12.6 Å². The van der Waals surface area contributed by atoms with Crippen LogP contribution in [0.1, 0.15) is 102 Å². The summed E-state index contributed by atoms with van der Waals surface area (Å²) in [6.45, 7) is 11.4. The fourth-order valence-corrected chi connectivity index (χ4v) is 5.28. The number of H-pyrrole nitrogens is 1. The zero-order valence-electron chi connectivity index (χ0n) is 21.5. The van der Waals surface area contributed by atoms with Gasteiger partial charge in [0.15, 0.2) is 5.82 Å². The number of nitrogens with one attached hydrogen (secondary N) is 1. The van der Waals surface area contributed by atoms with Crippen LogP contribution < -0.4 is 5.56 Å². The SMILES string of the molecule is CCCC(c1nnnn1C(C)(C)CC)N(Cc1cc2ccc(C)cc2[nH]c1=O)C1CCCCC1. The summed E-state index contributed by atoms with van der Waals surface area (Å²) in [5.74, 6) is 0.923. The minimum Gasteiger partial charge on any atom is -0.322 e. The van der Waals surface area contributed by atoms with Crippen molar-refractivity contribution in [2.24, 2.45) is 0 Å². The van der Waals surface area contributed by atoms with Crippen LogP contribution in [-0.2, 0) is 12.1 Å². The van der Waals surface area contributed by atoms with E-state index in [2.05, 4.69) is 71.3 Å². The number of hydrogen-bond donors (Lipinski definition) is 1. The topological polar surface area (TPSA) is 79.7 Å². The first-order valence-corrected chi connectivity index (χ1v) is 13.0. The molecule has 7 nitrogen and oxygen atoms in total. The predicted octanol–water partition coefficient (Wildman–Crippen LogP) is 5.64. The lowest BCUT2D eigenvalue weighted by Gasteiger charge is -2.40. The first-order chi connectivity index (χ1) is 16.3. The van der Waals surface area contributed by atoms with Crippen molar-refractivity contribution >= 4 is 10.9 Å². The molecule has 1 fully saturated rings. The highest BCUT2D eigenvalue weighted by Gasteiger charge is 2.35. The Balaban J connectivity index is 1.77. The van der Waals surface area contributed by atoms with Crippen LogP contribution >= 0.6 is 0 Å². The van der Waals surface area contributed by atoms with E-state index in [-0.39, 0.29) is 17.1 Å². The van der Waals surface area contributed by atoms with E-state index < -0.39 is 0 Å². The van der Waals surface area contributed by atoms with E-state index in [1.165, 1.54) is 19.3 Å². The number of rotatable bonds is 9. The lowest BCUT2D eigenvalue weighted by molar-refractivity contribution is 0.0770. The maximum Gasteiger partial charge on any atom is 0.252 e. The molecule has 1 aliphatic carbocycles. The van der Waals surface area contributed by atoms with Crippen LogP contribution in [-0.4, -0.2) is 36.1 Å². The lowest BCUT2D eigenvalue weighted by atomic mass is 9.91. The Morgan fingerprint density at radius 3 is 2.65 bits per heavy atom. The van der Waals surface area contributed by atoms with Gasteiger partial charge in [-0.3, -0.25) is 9.69 Å². The smallest absolute Gasteiger partial charge is 0.252 e. The normalized spacial score (nSPS) is 16.4. The molecule has 34 heavy (non-hydrogen) atoms. The maximum absolute atomic E-state index is 13.2. The number of pyridine rings is 1. The predicted molar refractivity (Wildman–Crippen MR) is 137 cm³/mol. The molecule has 1 N–H and O–H groups in total. The van der Waals surface area contributed by atoms with Gasteiger partial charge in [0.25, 0.3) is 5.56 Å². The number of fused-ring (bicyclic) bond motifs is 1. The molecule has 0 amide bonds. The second-order valence-electron chi connectivity index (χ2n) is 10.6. The molecule has 1 atom stereocenters. The lowest BCUT2D eigenvalue weighted by Crippen LogP contribution is -2.42. The number of nitrogens with zero attached hydrogens (tertiary/aromatic N) is 5. The molecule has 1 unspecified atom stereocenters. The largest absolute Gasteiger partial charge is 0.322 e. The van der Waals surface area contributed by atoms with Crippen LogP contribution in [0.2, 0.25) is 0 Å². The number of benzene rings is 1. The zero-order valence-corrected chi connectivity index (χ0v) is 21.5. The Morgan fingerprint density at radius 1 is 1.18 bits per heavy atom. The molecule has 0 saturated heterocycles. The Hall–Kier alpha value is -2.54. The number of hydrogen-bond acceptors (Lipinski definition) is 5. The third kappa shape index (κ3) is 5.09. The summed E-state index contributed by atoms with van der Waals surface area (Å²) in [6, 6.07) is 8.81. The summed E-state index contributed by atoms with van der Waals surface area (Å²) in [4.78, 5) is 18.8. The van der Waals surface area contributed by atoms with E-state index in [0.717, 1.165) is 60.0 Å². The summed E-state index contributed by atoms with van der Waals surface area (Å²) in [5, 5.41) is 14.2. The molecule has 0 bridgehead atoms. The van der Waals surface area contributed by atoms with Crippen molar-refractivity contribution in [3.63, 3.8) is 0 Å². The van der Waals surface area contributed by atoms with Gasteiger partial charge in [-0.05, 0) is 80.0 Å². The van der Waals surface area contributed by atoms with Gasteiger partial charge < -0.3 is 4.98 Å². The van der Waals surface area contributed by atoms with Gasteiger partial charge in [0, 0.05) is 23.7 Å². The second kappa shape index (κ2) is 10.4. The number of aromatic amines is 1. The van der Waals surface area contributed by atoms with Crippen molar-refractivity contribution in [2.75, 3.05) is 0 Å². The quantitative estimate of drug-likeness (QED) is 0.443. The van der Waals surface area contributed by atoms with Crippen LogP contribution in [0.3, 0.4) is 0 Å². The van der Waals surface area contributed by atoms with Gasteiger partial charge in [0.1, 0.15) is 0 Å². The molecule has 1 aromatic carbocycles. The third-order valence-corrected chi connectivity index (χ3v) is 7.67. The first kappa shape index (κ1) is 24.6. The van der Waals surface area contributed by atoms with Crippen LogP contribution in [0.15, 0.2) is 29.1 Å². The van der Waals surface area contributed by atoms with E-state index in [1.54, 1.807) is 0 Å². The molecule has 1 saturated carbocycles. The minimum atomic E-state index is -0.165.